The lowest BCUT2D eigenvalue weighted by Crippen LogP contribution is -2.19. The van der Waals surface area contributed by atoms with Gasteiger partial charge in [0.2, 0.25) is 0 Å². The Morgan fingerprint density at radius 1 is 1.85 bits per heavy atom. The van der Waals surface area contributed by atoms with Crippen molar-refractivity contribution in [3.05, 3.63) is 16.1 Å². The molecule has 68 valence electrons. The van der Waals surface area contributed by atoms with Gasteiger partial charge in [0.05, 0.1) is 11.2 Å². The maximum absolute atomic E-state index is 11.4. The quantitative estimate of drug-likeness (QED) is 0.527. The second-order valence-electron chi connectivity index (χ2n) is 2.44. The lowest BCUT2D eigenvalue weighted by Gasteiger charge is -2.02. The molecule has 1 rings (SSSR count). The molecule has 0 N–H and O–H groups in total. The van der Waals surface area contributed by atoms with E-state index in [1.807, 2.05) is 6.92 Å². The minimum Gasteiger partial charge on any atom is -0.267 e. The maximum Gasteiger partial charge on any atom is 0.278 e. The number of thiazole rings is 1. The molecule has 0 unspecified atom stereocenters. The zero-order valence-electron chi connectivity index (χ0n) is 7.44. The van der Waals surface area contributed by atoms with Crippen molar-refractivity contribution in [3.63, 3.8) is 0 Å². The van der Waals surface area contributed by atoms with Crippen molar-refractivity contribution >= 4 is 17.2 Å². The largest absolute Gasteiger partial charge is 0.278 e. The van der Waals surface area contributed by atoms with Crippen molar-refractivity contribution in [1.29, 1.82) is 5.26 Å². The molecule has 0 aromatic carbocycles. The van der Waals surface area contributed by atoms with E-state index in [0.717, 1.165) is 16.3 Å². The summed E-state index contributed by atoms with van der Waals surface area (Å²) in [6.45, 7) is 1.97. The highest BCUT2D eigenvalue weighted by molar-refractivity contribution is 7.13. The van der Waals surface area contributed by atoms with Gasteiger partial charge in [-0.3, -0.25) is 4.79 Å². The molecule has 1 aromatic rings. The third-order valence-electron chi connectivity index (χ3n) is 1.52. The second kappa shape index (κ2) is 4.01. The van der Waals surface area contributed by atoms with E-state index in [-0.39, 0.29) is 5.91 Å². The molecule has 1 aromatic heterocycles. The summed E-state index contributed by atoms with van der Waals surface area (Å²) in [6.07, 6.45) is 4.08. The first-order valence-electron chi connectivity index (χ1n) is 3.81. The molecular formula is C8H9N3OS. The van der Waals surface area contributed by atoms with Gasteiger partial charge in [-0.25, -0.2) is 9.88 Å². The number of rotatable bonds is 2. The zero-order valence-corrected chi connectivity index (χ0v) is 8.26. The van der Waals surface area contributed by atoms with E-state index >= 15 is 0 Å². The van der Waals surface area contributed by atoms with E-state index < -0.39 is 0 Å². The predicted octanol–water partition coefficient (Wildman–Crippen LogP) is 1.26. The molecule has 0 atom stereocenters. The fourth-order valence-corrected chi connectivity index (χ4v) is 1.62. The molecule has 0 bridgehead atoms. The van der Waals surface area contributed by atoms with Crippen molar-refractivity contribution in [1.82, 2.24) is 9.88 Å². The van der Waals surface area contributed by atoms with Crippen LogP contribution in [0, 0.1) is 11.5 Å². The van der Waals surface area contributed by atoms with Crippen LogP contribution in [0.1, 0.15) is 21.6 Å². The summed E-state index contributed by atoms with van der Waals surface area (Å²) in [7, 11) is 1.44. The van der Waals surface area contributed by atoms with Crippen LogP contribution in [0.4, 0.5) is 0 Å². The first kappa shape index (κ1) is 9.68. The van der Waals surface area contributed by atoms with Crippen LogP contribution >= 0.6 is 11.3 Å². The van der Waals surface area contributed by atoms with Crippen LogP contribution in [-0.2, 0) is 6.42 Å². The Morgan fingerprint density at radius 3 is 3.00 bits per heavy atom. The standard InChI is InChI=1S/C8H9N3OS/c1-3-7-10-4-6(13-7)8(12)11(2)5-9/h4H,3H2,1-2H3. The van der Waals surface area contributed by atoms with E-state index in [1.54, 1.807) is 6.19 Å². The number of hydrogen-bond donors (Lipinski definition) is 0. The Bertz CT molecular complexity index is 353. The number of nitrogens with zero attached hydrogens (tertiary/aromatic N) is 3. The van der Waals surface area contributed by atoms with E-state index in [0.29, 0.717) is 4.88 Å². The molecule has 0 aliphatic rings. The lowest BCUT2D eigenvalue weighted by molar-refractivity contribution is 0.0862. The minimum atomic E-state index is -0.292. The number of hydrogen-bond acceptors (Lipinski definition) is 4. The highest BCUT2D eigenvalue weighted by atomic mass is 32.1. The molecule has 0 radical (unpaired) electrons. The molecular weight excluding hydrogens is 186 g/mol. The van der Waals surface area contributed by atoms with Crippen LogP contribution in [0.25, 0.3) is 0 Å². The van der Waals surface area contributed by atoms with Gasteiger partial charge in [0.15, 0.2) is 6.19 Å². The fourth-order valence-electron chi connectivity index (χ4n) is 0.783. The molecule has 1 amide bonds. The summed E-state index contributed by atoms with van der Waals surface area (Å²) in [5, 5.41) is 9.38. The fraction of sp³-hybridized carbons (Fsp3) is 0.375. The average molecular weight is 195 g/mol. The smallest absolute Gasteiger partial charge is 0.267 e. The summed E-state index contributed by atoms with van der Waals surface area (Å²) < 4.78 is 0. The third-order valence-corrected chi connectivity index (χ3v) is 2.65. The summed E-state index contributed by atoms with van der Waals surface area (Å²) in [5.41, 5.74) is 0. The molecule has 5 heteroatoms. The molecule has 0 fully saturated rings. The van der Waals surface area contributed by atoms with Crippen molar-refractivity contribution in [3.8, 4) is 6.19 Å². The van der Waals surface area contributed by atoms with Crippen LogP contribution in [0.2, 0.25) is 0 Å². The Balaban J connectivity index is 2.84. The number of amides is 1. The number of nitriles is 1. The van der Waals surface area contributed by atoms with Gasteiger partial charge >= 0.3 is 0 Å². The van der Waals surface area contributed by atoms with E-state index in [1.165, 1.54) is 24.6 Å². The van der Waals surface area contributed by atoms with Gasteiger partial charge in [-0.1, -0.05) is 6.92 Å². The van der Waals surface area contributed by atoms with Gasteiger partial charge in [0.1, 0.15) is 4.88 Å². The van der Waals surface area contributed by atoms with Crippen LogP contribution in [-0.4, -0.2) is 22.8 Å². The van der Waals surface area contributed by atoms with E-state index in [2.05, 4.69) is 4.98 Å². The number of carbonyl (C=O) groups is 1. The Hall–Kier alpha value is -1.41. The molecule has 0 saturated heterocycles. The molecule has 0 aliphatic carbocycles. The van der Waals surface area contributed by atoms with E-state index in [4.69, 9.17) is 5.26 Å². The normalized spacial score (nSPS) is 9.31. The number of carbonyl (C=O) groups excluding carboxylic acids is 1. The summed E-state index contributed by atoms with van der Waals surface area (Å²) in [6, 6.07) is 0. The number of aryl methyl sites for hydroxylation is 1. The Labute approximate surface area is 80.4 Å². The van der Waals surface area contributed by atoms with Gasteiger partial charge in [-0.05, 0) is 6.42 Å². The van der Waals surface area contributed by atoms with Gasteiger partial charge in [0, 0.05) is 7.05 Å². The minimum absolute atomic E-state index is 0.292. The maximum atomic E-state index is 11.4. The molecule has 0 aliphatic heterocycles. The highest BCUT2D eigenvalue weighted by Gasteiger charge is 2.13. The number of aromatic nitrogens is 1. The van der Waals surface area contributed by atoms with Gasteiger partial charge in [-0.15, -0.1) is 11.3 Å². The van der Waals surface area contributed by atoms with Crippen molar-refractivity contribution in [2.75, 3.05) is 7.05 Å². The summed E-state index contributed by atoms with van der Waals surface area (Å²) in [5.74, 6) is -0.292. The topological polar surface area (TPSA) is 57.0 Å². The third kappa shape index (κ3) is 2.04. The van der Waals surface area contributed by atoms with Crippen LogP contribution < -0.4 is 0 Å². The molecule has 4 nitrogen and oxygen atoms in total. The van der Waals surface area contributed by atoms with Gasteiger partial charge in [-0.2, -0.15) is 5.26 Å². The van der Waals surface area contributed by atoms with Gasteiger partial charge in [0.25, 0.3) is 5.91 Å². The van der Waals surface area contributed by atoms with E-state index in [9.17, 15) is 4.79 Å². The summed E-state index contributed by atoms with van der Waals surface area (Å²) >= 11 is 1.33. The van der Waals surface area contributed by atoms with Crippen LogP contribution in [0.3, 0.4) is 0 Å². The average Bonchev–Trinajstić information content (AvgIpc) is 2.63. The predicted molar refractivity (Wildman–Crippen MR) is 49.2 cm³/mol. The van der Waals surface area contributed by atoms with Crippen LogP contribution in [0.5, 0.6) is 0 Å². The van der Waals surface area contributed by atoms with Crippen molar-refractivity contribution in [2.24, 2.45) is 0 Å². The zero-order chi connectivity index (χ0) is 9.84. The molecule has 13 heavy (non-hydrogen) atoms. The van der Waals surface area contributed by atoms with Crippen LogP contribution in [0.15, 0.2) is 6.20 Å². The van der Waals surface area contributed by atoms with Crippen molar-refractivity contribution < 1.29 is 4.79 Å². The molecule has 0 saturated carbocycles. The first-order chi connectivity index (χ1) is 6.19. The second-order valence-corrected chi connectivity index (χ2v) is 3.55. The lowest BCUT2D eigenvalue weighted by atomic mass is 10.5. The van der Waals surface area contributed by atoms with Crippen molar-refractivity contribution in [2.45, 2.75) is 13.3 Å². The summed E-state index contributed by atoms with van der Waals surface area (Å²) in [4.78, 5) is 16.9. The highest BCUT2D eigenvalue weighted by Crippen LogP contribution is 2.14. The Kier molecular flexibility index (Phi) is 2.98. The van der Waals surface area contributed by atoms with Gasteiger partial charge < -0.3 is 0 Å². The monoisotopic (exact) mass is 195 g/mol. The Morgan fingerprint density at radius 2 is 2.54 bits per heavy atom. The first-order valence-corrected chi connectivity index (χ1v) is 4.63. The molecule has 0 spiro atoms. The SMILES string of the molecule is CCc1ncc(C(=O)N(C)C#N)s1. The molecule has 1 heterocycles.